The molecule has 0 unspecified atom stereocenters. The summed E-state index contributed by atoms with van der Waals surface area (Å²) in [6.07, 6.45) is 0. The van der Waals surface area contributed by atoms with Crippen molar-refractivity contribution in [1.29, 1.82) is 5.26 Å². The highest BCUT2D eigenvalue weighted by atomic mass is 16.5. The van der Waals surface area contributed by atoms with Crippen LogP contribution in [0.3, 0.4) is 0 Å². The van der Waals surface area contributed by atoms with E-state index in [2.05, 4.69) is 36.4 Å². The molecule has 0 aliphatic heterocycles. The van der Waals surface area contributed by atoms with Crippen LogP contribution in [0.1, 0.15) is 52.9 Å². The van der Waals surface area contributed by atoms with Gasteiger partial charge in [0.05, 0.1) is 28.3 Å². The normalized spacial score (nSPS) is 12.6. The third-order valence-electron chi connectivity index (χ3n) is 3.16. The van der Waals surface area contributed by atoms with Gasteiger partial charge in [0.15, 0.2) is 0 Å². The number of hydrogen-bond donors (Lipinski definition) is 0. The summed E-state index contributed by atoms with van der Waals surface area (Å²) >= 11 is 0. The third-order valence-corrected chi connectivity index (χ3v) is 3.16. The molecule has 0 atom stereocenters. The van der Waals surface area contributed by atoms with Gasteiger partial charge in [0.1, 0.15) is 12.4 Å². The maximum absolute atomic E-state index is 9.03. The van der Waals surface area contributed by atoms with Crippen LogP contribution in [0.5, 0.6) is 0 Å². The molecule has 0 aliphatic rings. The molecule has 0 bridgehead atoms. The Morgan fingerprint density at radius 3 is 2.38 bits per heavy atom. The highest BCUT2D eigenvalue weighted by molar-refractivity contribution is 5.78. The molecule has 0 aliphatic carbocycles. The highest BCUT2D eigenvalue weighted by Crippen LogP contribution is 2.27. The van der Waals surface area contributed by atoms with Crippen LogP contribution in [0.2, 0.25) is 0 Å². The second-order valence-corrected chi connectivity index (χ2v) is 7.25. The van der Waals surface area contributed by atoms with Crippen molar-refractivity contribution in [3.8, 4) is 6.07 Å². The topological polar surface area (TPSA) is 50.8 Å². The fraction of sp³-hybridized carbons (Fsp3) is 0.529. The largest absolute Gasteiger partial charge is 0.368 e. The lowest BCUT2D eigenvalue weighted by Crippen LogP contribution is -2.26. The van der Waals surface area contributed by atoms with Crippen molar-refractivity contribution in [2.45, 2.75) is 59.3 Å². The molecule has 1 aromatic heterocycles. The first-order valence-corrected chi connectivity index (χ1v) is 7.18. The Labute approximate surface area is 126 Å². The fourth-order valence-electron chi connectivity index (χ4n) is 2.33. The fourth-order valence-corrected chi connectivity index (χ4v) is 2.33. The minimum Gasteiger partial charge on any atom is -0.368 e. The molecule has 1 aromatic carbocycles. The summed E-state index contributed by atoms with van der Waals surface area (Å²) in [5.74, 6) is 0.891. The highest BCUT2D eigenvalue weighted by Gasteiger charge is 2.23. The van der Waals surface area contributed by atoms with E-state index < -0.39 is 0 Å². The monoisotopic (exact) mass is 285 g/mol. The Balaban J connectivity index is 2.55. The first kappa shape index (κ1) is 15.5. The minimum absolute atomic E-state index is 0.0977. The van der Waals surface area contributed by atoms with E-state index in [0.29, 0.717) is 12.2 Å². The van der Waals surface area contributed by atoms with Gasteiger partial charge in [-0.05, 0) is 59.7 Å². The van der Waals surface area contributed by atoms with Crippen molar-refractivity contribution in [1.82, 2.24) is 9.55 Å². The van der Waals surface area contributed by atoms with Crippen molar-refractivity contribution in [2.75, 3.05) is 0 Å². The second-order valence-electron chi connectivity index (χ2n) is 7.25. The van der Waals surface area contributed by atoms with Gasteiger partial charge in [-0.1, -0.05) is 0 Å². The maximum atomic E-state index is 9.03. The van der Waals surface area contributed by atoms with Gasteiger partial charge in [0.2, 0.25) is 0 Å². The number of imidazole rings is 1. The predicted molar refractivity (Wildman–Crippen MR) is 84.0 cm³/mol. The summed E-state index contributed by atoms with van der Waals surface area (Å²) in [6, 6.07) is 7.79. The van der Waals surface area contributed by atoms with E-state index in [1.54, 1.807) is 0 Å². The summed E-state index contributed by atoms with van der Waals surface area (Å²) < 4.78 is 8.08. The molecule has 0 fully saturated rings. The average Bonchev–Trinajstić information content (AvgIpc) is 2.72. The zero-order valence-electron chi connectivity index (χ0n) is 13.7. The summed E-state index contributed by atoms with van der Waals surface area (Å²) in [7, 11) is 0. The zero-order chi connectivity index (χ0) is 15.8. The Morgan fingerprint density at radius 1 is 1.19 bits per heavy atom. The van der Waals surface area contributed by atoms with E-state index in [1.165, 1.54) is 0 Å². The number of hydrogen-bond acceptors (Lipinski definition) is 3. The van der Waals surface area contributed by atoms with E-state index in [-0.39, 0.29) is 11.1 Å². The average molecular weight is 285 g/mol. The number of rotatable bonds is 2. The Bertz CT molecular complexity index is 694. The minimum atomic E-state index is -0.210. The van der Waals surface area contributed by atoms with Crippen LogP contribution in [-0.2, 0) is 16.9 Å². The Hall–Kier alpha value is -1.86. The van der Waals surface area contributed by atoms with Crippen molar-refractivity contribution in [3.63, 3.8) is 0 Å². The molecule has 1 heterocycles. The number of nitriles is 1. The first-order valence-electron chi connectivity index (χ1n) is 7.18. The summed E-state index contributed by atoms with van der Waals surface area (Å²) in [4.78, 5) is 4.68. The van der Waals surface area contributed by atoms with Crippen LogP contribution in [0, 0.1) is 11.3 Å². The smallest absolute Gasteiger partial charge is 0.136 e. The molecule has 2 rings (SSSR count). The number of aromatic nitrogens is 2. The van der Waals surface area contributed by atoms with Gasteiger partial charge in [-0.3, -0.25) is 0 Å². The lowest BCUT2D eigenvalue weighted by Gasteiger charge is -2.26. The van der Waals surface area contributed by atoms with Crippen LogP contribution in [-0.4, -0.2) is 15.2 Å². The van der Waals surface area contributed by atoms with Gasteiger partial charge < -0.3 is 9.30 Å². The summed E-state index contributed by atoms with van der Waals surface area (Å²) in [6.45, 7) is 13.0. The van der Waals surface area contributed by atoms with E-state index >= 15 is 0 Å². The van der Waals surface area contributed by atoms with Gasteiger partial charge in [0, 0.05) is 5.54 Å². The summed E-state index contributed by atoms with van der Waals surface area (Å²) in [5, 5.41) is 9.03. The Morgan fingerprint density at radius 2 is 1.86 bits per heavy atom. The quantitative estimate of drug-likeness (QED) is 0.838. The van der Waals surface area contributed by atoms with Crippen LogP contribution in [0.25, 0.3) is 11.0 Å². The maximum Gasteiger partial charge on any atom is 0.136 e. The van der Waals surface area contributed by atoms with Crippen molar-refractivity contribution < 1.29 is 4.74 Å². The molecule has 0 spiro atoms. The lowest BCUT2D eigenvalue weighted by atomic mass is 10.1. The molecule has 0 saturated carbocycles. The van der Waals surface area contributed by atoms with Gasteiger partial charge >= 0.3 is 0 Å². The van der Waals surface area contributed by atoms with E-state index in [4.69, 9.17) is 10.00 Å². The molecule has 4 heteroatoms. The van der Waals surface area contributed by atoms with Crippen LogP contribution < -0.4 is 0 Å². The van der Waals surface area contributed by atoms with E-state index in [9.17, 15) is 0 Å². The van der Waals surface area contributed by atoms with Gasteiger partial charge in [-0.2, -0.15) is 5.26 Å². The van der Waals surface area contributed by atoms with Gasteiger partial charge in [-0.25, -0.2) is 4.98 Å². The molecule has 21 heavy (non-hydrogen) atoms. The van der Waals surface area contributed by atoms with Crippen molar-refractivity contribution in [3.05, 3.63) is 29.6 Å². The lowest BCUT2D eigenvalue weighted by molar-refractivity contribution is -0.0202. The number of fused-ring (bicyclic) bond motifs is 1. The molecule has 112 valence electrons. The molecule has 0 N–H and O–H groups in total. The second kappa shape index (κ2) is 5.16. The molecule has 0 amide bonds. The standard InChI is InChI=1S/C17H23N3O/c1-16(2,3)20-14-8-7-12(10-18)9-13(14)19-15(20)11-21-17(4,5)6/h7-9H,11H2,1-6H3. The molecule has 0 radical (unpaired) electrons. The van der Waals surface area contributed by atoms with Crippen molar-refractivity contribution in [2.24, 2.45) is 0 Å². The van der Waals surface area contributed by atoms with Crippen LogP contribution >= 0.6 is 0 Å². The molecule has 0 saturated heterocycles. The Kier molecular flexibility index (Phi) is 3.81. The number of ether oxygens (including phenoxy) is 1. The van der Waals surface area contributed by atoms with Crippen LogP contribution in [0.4, 0.5) is 0 Å². The van der Waals surface area contributed by atoms with Crippen molar-refractivity contribution >= 4 is 11.0 Å². The summed E-state index contributed by atoms with van der Waals surface area (Å²) in [5.41, 5.74) is 2.20. The van der Waals surface area contributed by atoms with Gasteiger partial charge in [-0.15, -0.1) is 0 Å². The molecule has 4 nitrogen and oxygen atoms in total. The number of nitrogens with zero attached hydrogens (tertiary/aromatic N) is 3. The third kappa shape index (κ3) is 3.43. The van der Waals surface area contributed by atoms with Crippen LogP contribution in [0.15, 0.2) is 18.2 Å². The molecular weight excluding hydrogens is 262 g/mol. The van der Waals surface area contributed by atoms with E-state index in [1.807, 2.05) is 39.0 Å². The van der Waals surface area contributed by atoms with E-state index in [0.717, 1.165) is 16.9 Å². The predicted octanol–water partition coefficient (Wildman–Crippen LogP) is 3.98. The molecule has 2 aromatic rings. The first-order chi connectivity index (χ1) is 9.62. The molecular formula is C17H23N3O. The SMILES string of the molecule is CC(C)(C)OCc1nc2cc(C#N)ccc2n1C(C)(C)C. The zero-order valence-corrected chi connectivity index (χ0v) is 13.7. The van der Waals surface area contributed by atoms with Gasteiger partial charge in [0.25, 0.3) is 0 Å². The number of benzene rings is 1.